The van der Waals surface area contributed by atoms with Gasteiger partial charge in [-0.15, -0.1) is 0 Å². The molecule has 1 heteroatoms. The van der Waals surface area contributed by atoms with Crippen molar-refractivity contribution in [3.05, 3.63) is 12.3 Å². The Labute approximate surface area is 68.4 Å². The van der Waals surface area contributed by atoms with Gasteiger partial charge in [0, 0.05) is 5.92 Å². The highest BCUT2D eigenvalue weighted by atomic mass is 16.5. The molecular formula is C10H16O. The van der Waals surface area contributed by atoms with Crippen LogP contribution in [-0.4, -0.2) is 6.10 Å². The van der Waals surface area contributed by atoms with Crippen molar-refractivity contribution < 1.29 is 4.74 Å². The van der Waals surface area contributed by atoms with Gasteiger partial charge in [-0.25, -0.2) is 0 Å². The van der Waals surface area contributed by atoms with E-state index in [0.717, 1.165) is 11.7 Å². The summed E-state index contributed by atoms with van der Waals surface area (Å²) in [4.78, 5) is 0. The zero-order valence-electron chi connectivity index (χ0n) is 7.18. The predicted octanol–water partition coefficient (Wildman–Crippen LogP) is 2.73. The first-order chi connectivity index (χ1) is 5.27. The SMILES string of the molecule is C=C1OC2CCCC2CC1C. The maximum Gasteiger partial charge on any atom is 0.101 e. The molecule has 11 heavy (non-hydrogen) atoms. The maximum absolute atomic E-state index is 5.73. The van der Waals surface area contributed by atoms with Crippen LogP contribution in [0, 0.1) is 11.8 Å². The van der Waals surface area contributed by atoms with Gasteiger partial charge in [-0.1, -0.05) is 13.5 Å². The van der Waals surface area contributed by atoms with E-state index >= 15 is 0 Å². The number of ether oxygens (including phenoxy) is 1. The molecule has 0 bridgehead atoms. The minimum absolute atomic E-state index is 0.527. The summed E-state index contributed by atoms with van der Waals surface area (Å²) < 4.78 is 5.73. The van der Waals surface area contributed by atoms with Gasteiger partial charge in [0.1, 0.15) is 6.10 Å². The number of fused-ring (bicyclic) bond motifs is 1. The molecule has 3 unspecified atom stereocenters. The fraction of sp³-hybridized carbons (Fsp3) is 0.800. The summed E-state index contributed by atoms with van der Waals surface area (Å²) in [6, 6.07) is 0. The van der Waals surface area contributed by atoms with Gasteiger partial charge in [0.2, 0.25) is 0 Å². The van der Waals surface area contributed by atoms with Gasteiger partial charge in [0.25, 0.3) is 0 Å². The number of hydrogen-bond acceptors (Lipinski definition) is 1. The lowest BCUT2D eigenvalue weighted by molar-refractivity contribution is 0.0212. The normalized spacial score (nSPS) is 43.4. The largest absolute Gasteiger partial charge is 0.495 e. The van der Waals surface area contributed by atoms with Gasteiger partial charge in [-0.2, -0.15) is 0 Å². The first-order valence-corrected chi connectivity index (χ1v) is 4.63. The van der Waals surface area contributed by atoms with Crippen LogP contribution >= 0.6 is 0 Å². The zero-order chi connectivity index (χ0) is 7.84. The average Bonchev–Trinajstić information content (AvgIpc) is 2.36. The van der Waals surface area contributed by atoms with Crippen LogP contribution in [0.25, 0.3) is 0 Å². The molecule has 1 aliphatic heterocycles. The zero-order valence-corrected chi connectivity index (χ0v) is 7.18. The molecule has 0 N–H and O–H groups in total. The highest BCUT2D eigenvalue weighted by Gasteiger charge is 2.35. The van der Waals surface area contributed by atoms with E-state index in [0.29, 0.717) is 12.0 Å². The molecule has 0 aromatic rings. The van der Waals surface area contributed by atoms with Crippen molar-refractivity contribution in [1.82, 2.24) is 0 Å². The lowest BCUT2D eigenvalue weighted by Crippen LogP contribution is -2.27. The molecule has 0 radical (unpaired) electrons. The Bertz CT molecular complexity index is 174. The first kappa shape index (κ1) is 7.20. The van der Waals surface area contributed by atoms with Crippen molar-refractivity contribution in [2.75, 3.05) is 0 Å². The second-order valence-corrected chi connectivity index (χ2v) is 3.95. The Kier molecular flexibility index (Phi) is 1.67. The fourth-order valence-electron chi connectivity index (χ4n) is 2.32. The molecule has 0 aromatic heterocycles. The quantitative estimate of drug-likeness (QED) is 0.518. The van der Waals surface area contributed by atoms with E-state index in [-0.39, 0.29) is 0 Å². The molecule has 1 saturated heterocycles. The Morgan fingerprint density at radius 2 is 2.27 bits per heavy atom. The molecular weight excluding hydrogens is 136 g/mol. The predicted molar refractivity (Wildman–Crippen MR) is 45.1 cm³/mol. The van der Waals surface area contributed by atoms with Crippen LogP contribution in [0.4, 0.5) is 0 Å². The van der Waals surface area contributed by atoms with Gasteiger partial charge in [-0.3, -0.25) is 0 Å². The van der Waals surface area contributed by atoms with Crippen LogP contribution in [0.2, 0.25) is 0 Å². The Morgan fingerprint density at radius 1 is 1.45 bits per heavy atom. The molecule has 0 amide bonds. The standard InChI is InChI=1S/C10H16O/c1-7-6-9-4-3-5-10(9)11-8(7)2/h7,9-10H,2-6H2,1H3. The minimum Gasteiger partial charge on any atom is -0.495 e. The highest BCUT2D eigenvalue weighted by Crippen LogP contribution is 2.40. The van der Waals surface area contributed by atoms with E-state index < -0.39 is 0 Å². The summed E-state index contributed by atoms with van der Waals surface area (Å²) in [7, 11) is 0. The van der Waals surface area contributed by atoms with Gasteiger partial charge in [0.15, 0.2) is 0 Å². The second kappa shape index (κ2) is 2.54. The summed E-state index contributed by atoms with van der Waals surface area (Å²) >= 11 is 0. The van der Waals surface area contributed by atoms with Gasteiger partial charge in [-0.05, 0) is 31.6 Å². The molecule has 2 fully saturated rings. The number of hydrogen-bond donors (Lipinski definition) is 0. The Hall–Kier alpha value is -0.460. The minimum atomic E-state index is 0.527. The third-order valence-corrected chi connectivity index (χ3v) is 3.10. The van der Waals surface area contributed by atoms with Crippen LogP contribution in [0.3, 0.4) is 0 Å². The van der Waals surface area contributed by atoms with E-state index in [1.54, 1.807) is 0 Å². The highest BCUT2D eigenvalue weighted by molar-refractivity contribution is 4.98. The molecule has 1 aliphatic carbocycles. The van der Waals surface area contributed by atoms with Gasteiger partial charge in [0.05, 0.1) is 5.76 Å². The topological polar surface area (TPSA) is 9.23 Å². The summed E-state index contributed by atoms with van der Waals surface area (Å²) in [6.45, 7) is 6.15. The van der Waals surface area contributed by atoms with Crippen LogP contribution in [0.1, 0.15) is 32.6 Å². The summed E-state index contributed by atoms with van der Waals surface area (Å²) in [5.74, 6) is 2.46. The summed E-state index contributed by atoms with van der Waals surface area (Å²) in [5.41, 5.74) is 0. The van der Waals surface area contributed by atoms with Crippen molar-refractivity contribution in [3.63, 3.8) is 0 Å². The van der Waals surface area contributed by atoms with Crippen molar-refractivity contribution in [3.8, 4) is 0 Å². The van der Waals surface area contributed by atoms with E-state index in [2.05, 4.69) is 13.5 Å². The van der Waals surface area contributed by atoms with E-state index in [9.17, 15) is 0 Å². The van der Waals surface area contributed by atoms with Crippen LogP contribution in [0.5, 0.6) is 0 Å². The molecule has 2 rings (SSSR count). The lowest BCUT2D eigenvalue weighted by atomic mass is 9.89. The molecule has 2 aliphatic rings. The number of rotatable bonds is 0. The van der Waals surface area contributed by atoms with Crippen molar-refractivity contribution in [1.29, 1.82) is 0 Å². The Balaban J connectivity index is 2.06. The summed E-state index contributed by atoms with van der Waals surface area (Å²) in [6.07, 6.45) is 5.83. The second-order valence-electron chi connectivity index (χ2n) is 3.95. The first-order valence-electron chi connectivity index (χ1n) is 4.63. The van der Waals surface area contributed by atoms with E-state index in [1.807, 2.05) is 0 Å². The van der Waals surface area contributed by atoms with Crippen LogP contribution in [0.15, 0.2) is 12.3 Å². The van der Waals surface area contributed by atoms with Gasteiger partial charge >= 0.3 is 0 Å². The third-order valence-electron chi connectivity index (χ3n) is 3.10. The molecule has 0 aromatic carbocycles. The molecule has 1 nitrogen and oxygen atoms in total. The van der Waals surface area contributed by atoms with Gasteiger partial charge < -0.3 is 4.74 Å². The van der Waals surface area contributed by atoms with Crippen molar-refractivity contribution in [2.24, 2.45) is 11.8 Å². The molecule has 0 spiro atoms. The van der Waals surface area contributed by atoms with E-state index in [1.165, 1.54) is 25.7 Å². The molecule has 62 valence electrons. The van der Waals surface area contributed by atoms with Crippen LogP contribution in [-0.2, 0) is 4.74 Å². The monoisotopic (exact) mass is 152 g/mol. The smallest absolute Gasteiger partial charge is 0.101 e. The lowest BCUT2D eigenvalue weighted by Gasteiger charge is -2.32. The molecule has 1 heterocycles. The van der Waals surface area contributed by atoms with Crippen LogP contribution < -0.4 is 0 Å². The van der Waals surface area contributed by atoms with E-state index in [4.69, 9.17) is 4.74 Å². The maximum atomic E-state index is 5.73. The average molecular weight is 152 g/mol. The van der Waals surface area contributed by atoms with Crippen molar-refractivity contribution >= 4 is 0 Å². The molecule has 1 saturated carbocycles. The number of allylic oxidation sites excluding steroid dienone is 1. The molecule has 3 atom stereocenters. The fourth-order valence-corrected chi connectivity index (χ4v) is 2.32. The Morgan fingerprint density at radius 3 is 3.09 bits per heavy atom. The third kappa shape index (κ3) is 1.17. The van der Waals surface area contributed by atoms with Crippen molar-refractivity contribution in [2.45, 2.75) is 38.7 Å². The summed E-state index contributed by atoms with van der Waals surface area (Å²) in [5, 5.41) is 0.